The molecule has 0 aliphatic heterocycles. The van der Waals surface area contributed by atoms with E-state index in [2.05, 4.69) is 10.6 Å². The number of rotatable bonds is 9. The summed E-state index contributed by atoms with van der Waals surface area (Å²) in [7, 11) is 1.65. The van der Waals surface area contributed by atoms with Crippen LogP contribution in [0.2, 0.25) is 0 Å². The molecule has 132 valence electrons. The maximum absolute atomic E-state index is 12.8. The third-order valence-corrected chi connectivity index (χ3v) is 4.19. The SMILES string of the molecule is CNC(=O)CCCCCNC(=O)C(c1ccccc1)c1ccccc1. The molecule has 2 aromatic rings. The molecule has 2 N–H and O–H groups in total. The van der Waals surface area contributed by atoms with Crippen molar-refractivity contribution in [2.45, 2.75) is 31.6 Å². The van der Waals surface area contributed by atoms with Crippen LogP contribution in [0.15, 0.2) is 60.7 Å². The van der Waals surface area contributed by atoms with Crippen molar-refractivity contribution in [2.75, 3.05) is 13.6 Å². The summed E-state index contributed by atoms with van der Waals surface area (Å²) in [5, 5.41) is 5.66. The van der Waals surface area contributed by atoms with E-state index < -0.39 is 0 Å². The summed E-state index contributed by atoms with van der Waals surface area (Å²) in [6.45, 7) is 0.628. The van der Waals surface area contributed by atoms with Crippen LogP contribution in [0.1, 0.15) is 42.7 Å². The van der Waals surface area contributed by atoms with Crippen LogP contribution < -0.4 is 10.6 Å². The number of nitrogens with one attached hydrogen (secondary N) is 2. The van der Waals surface area contributed by atoms with Crippen LogP contribution in [-0.2, 0) is 9.59 Å². The van der Waals surface area contributed by atoms with Crippen LogP contribution in [0.4, 0.5) is 0 Å². The van der Waals surface area contributed by atoms with Gasteiger partial charge in [0.25, 0.3) is 0 Å². The molecule has 0 bridgehead atoms. The lowest BCUT2D eigenvalue weighted by Crippen LogP contribution is -2.30. The van der Waals surface area contributed by atoms with E-state index in [0.29, 0.717) is 13.0 Å². The van der Waals surface area contributed by atoms with Crippen LogP contribution >= 0.6 is 0 Å². The Bertz CT molecular complexity index is 617. The third kappa shape index (κ3) is 6.07. The van der Waals surface area contributed by atoms with Crippen molar-refractivity contribution in [2.24, 2.45) is 0 Å². The first-order valence-electron chi connectivity index (χ1n) is 8.80. The van der Waals surface area contributed by atoms with Gasteiger partial charge in [-0.1, -0.05) is 67.1 Å². The van der Waals surface area contributed by atoms with Crippen LogP contribution in [0.3, 0.4) is 0 Å². The molecule has 0 saturated carbocycles. The summed E-state index contributed by atoms with van der Waals surface area (Å²) >= 11 is 0. The fraction of sp³-hybridized carbons (Fsp3) is 0.333. The molecule has 0 aliphatic rings. The summed E-state index contributed by atoms with van der Waals surface area (Å²) in [4.78, 5) is 23.9. The minimum absolute atomic E-state index is 0.0173. The highest BCUT2D eigenvalue weighted by atomic mass is 16.2. The standard InChI is InChI=1S/C21H26N2O2/c1-22-19(24)15-9-4-10-16-23-21(25)20(17-11-5-2-6-12-17)18-13-7-3-8-14-18/h2-3,5-8,11-14,20H,4,9-10,15-16H2,1H3,(H,22,24)(H,23,25). The topological polar surface area (TPSA) is 58.2 Å². The molecule has 0 fully saturated rings. The van der Waals surface area contributed by atoms with Crippen molar-refractivity contribution in [3.63, 3.8) is 0 Å². The second kappa shape index (κ2) is 10.3. The molecule has 4 nitrogen and oxygen atoms in total. The second-order valence-corrected chi connectivity index (χ2v) is 6.03. The van der Waals surface area contributed by atoms with Gasteiger partial charge in [0.15, 0.2) is 0 Å². The van der Waals surface area contributed by atoms with Gasteiger partial charge >= 0.3 is 0 Å². The van der Waals surface area contributed by atoms with E-state index in [9.17, 15) is 9.59 Å². The highest BCUT2D eigenvalue weighted by Crippen LogP contribution is 2.24. The van der Waals surface area contributed by atoms with E-state index >= 15 is 0 Å². The predicted octanol–water partition coefficient (Wildman–Crippen LogP) is 3.24. The fourth-order valence-corrected chi connectivity index (χ4v) is 2.81. The third-order valence-electron chi connectivity index (χ3n) is 4.19. The molecule has 0 saturated heterocycles. The fourth-order valence-electron chi connectivity index (χ4n) is 2.81. The Hall–Kier alpha value is -2.62. The Morgan fingerprint density at radius 3 is 1.92 bits per heavy atom. The van der Waals surface area contributed by atoms with Crippen LogP contribution in [0.5, 0.6) is 0 Å². The van der Waals surface area contributed by atoms with E-state index in [1.54, 1.807) is 7.05 Å². The van der Waals surface area contributed by atoms with Gasteiger partial charge in [-0.2, -0.15) is 0 Å². The molecule has 4 heteroatoms. The summed E-state index contributed by atoms with van der Waals surface area (Å²) in [6.07, 6.45) is 3.19. The van der Waals surface area contributed by atoms with E-state index in [4.69, 9.17) is 0 Å². The first kappa shape index (κ1) is 18.7. The number of benzene rings is 2. The molecule has 2 amide bonds. The van der Waals surface area contributed by atoms with Gasteiger partial charge in [-0.15, -0.1) is 0 Å². The average molecular weight is 338 g/mol. The van der Waals surface area contributed by atoms with Gasteiger partial charge in [0, 0.05) is 20.0 Å². The number of carbonyl (C=O) groups is 2. The summed E-state index contributed by atoms with van der Waals surface area (Å²) in [5.41, 5.74) is 1.98. The Morgan fingerprint density at radius 1 is 0.840 bits per heavy atom. The molecule has 0 radical (unpaired) electrons. The molecule has 0 unspecified atom stereocenters. The first-order chi connectivity index (χ1) is 12.2. The molecule has 0 spiro atoms. The van der Waals surface area contributed by atoms with E-state index in [1.807, 2.05) is 60.7 Å². The van der Waals surface area contributed by atoms with Gasteiger partial charge in [-0.3, -0.25) is 9.59 Å². The highest BCUT2D eigenvalue weighted by Gasteiger charge is 2.21. The van der Waals surface area contributed by atoms with Gasteiger partial charge in [-0.25, -0.2) is 0 Å². The van der Waals surface area contributed by atoms with Crippen LogP contribution in [0.25, 0.3) is 0 Å². The minimum Gasteiger partial charge on any atom is -0.359 e. The quantitative estimate of drug-likeness (QED) is 0.690. The van der Waals surface area contributed by atoms with E-state index in [0.717, 1.165) is 30.4 Å². The zero-order chi connectivity index (χ0) is 17.9. The van der Waals surface area contributed by atoms with Gasteiger partial charge in [0.1, 0.15) is 0 Å². The van der Waals surface area contributed by atoms with Crippen LogP contribution in [-0.4, -0.2) is 25.4 Å². The molecule has 0 heterocycles. The summed E-state index contributed by atoms with van der Waals surface area (Å²) in [5.74, 6) is -0.214. The molecule has 2 rings (SSSR count). The molecule has 0 atom stereocenters. The maximum Gasteiger partial charge on any atom is 0.232 e. The lowest BCUT2D eigenvalue weighted by atomic mass is 9.90. The van der Waals surface area contributed by atoms with Gasteiger partial charge < -0.3 is 10.6 Å². The van der Waals surface area contributed by atoms with Crippen LogP contribution in [0, 0.1) is 0 Å². The van der Waals surface area contributed by atoms with Crippen molar-refractivity contribution in [3.05, 3.63) is 71.8 Å². The predicted molar refractivity (Wildman–Crippen MR) is 100 cm³/mol. The Labute approximate surface area is 149 Å². The van der Waals surface area contributed by atoms with Crippen molar-refractivity contribution >= 4 is 11.8 Å². The molecular formula is C21H26N2O2. The number of carbonyl (C=O) groups excluding carboxylic acids is 2. The smallest absolute Gasteiger partial charge is 0.232 e. The monoisotopic (exact) mass is 338 g/mol. The Balaban J connectivity index is 1.90. The van der Waals surface area contributed by atoms with Crippen molar-refractivity contribution in [1.29, 1.82) is 0 Å². The minimum atomic E-state index is -0.298. The second-order valence-electron chi connectivity index (χ2n) is 6.03. The van der Waals surface area contributed by atoms with Crippen molar-refractivity contribution in [1.82, 2.24) is 10.6 Å². The average Bonchev–Trinajstić information content (AvgIpc) is 2.66. The largest absolute Gasteiger partial charge is 0.359 e. The summed E-state index contributed by atoms with van der Waals surface area (Å²) < 4.78 is 0. The molecule has 0 aromatic heterocycles. The van der Waals surface area contributed by atoms with E-state index in [1.165, 1.54) is 0 Å². The number of amides is 2. The normalized spacial score (nSPS) is 10.5. The van der Waals surface area contributed by atoms with Gasteiger partial charge in [0.05, 0.1) is 5.92 Å². The molecular weight excluding hydrogens is 312 g/mol. The lowest BCUT2D eigenvalue weighted by molar-refractivity contribution is -0.122. The van der Waals surface area contributed by atoms with Gasteiger partial charge in [-0.05, 0) is 24.0 Å². The molecule has 0 aliphatic carbocycles. The number of unbranched alkanes of at least 4 members (excludes halogenated alkanes) is 2. The summed E-state index contributed by atoms with van der Waals surface area (Å²) in [6, 6.07) is 19.7. The van der Waals surface area contributed by atoms with Crippen molar-refractivity contribution in [3.8, 4) is 0 Å². The zero-order valence-corrected chi connectivity index (χ0v) is 14.7. The first-order valence-corrected chi connectivity index (χ1v) is 8.80. The number of hydrogen-bond donors (Lipinski definition) is 2. The van der Waals surface area contributed by atoms with Gasteiger partial charge in [0.2, 0.25) is 11.8 Å². The molecule has 25 heavy (non-hydrogen) atoms. The molecule has 2 aromatic carbocycles. The Morgan fingerprint density at radius 2 is 1.40 bits per heavy atom. The van der Waals surface area contributed by atoms with E-state index in [-0.39, 0.29) is 17.7 Å². The maximum atomic E-state index is 12.8. The lowest BCUT2D eigenvalue weighted by Gasteiger charge is -2.18. The highest BCUT2D eigenvalue weighted by molar-refractivity contribution is 5.87. The van der Waals surface area contributed by atoms with Crippen molar-refractivity contribution < 1.29 is 9.59 Å². The number of hydrogen-bond acceptors (Lipinski definition) is 2. The zero-order valence-electron chi connectivity index (χ0n) is 14.7. The Kier molecular flexibility index (Phi) is 7.70.